The number of carbonyl (C=O) groups excluding carboxylic acids is 1. The van der Waals surface area contributed by atoms with E-state index >= 15 is 0 Å². The monoisotopic (exact) mass is 240 g/mol. The minimum atomic E-state index is -4.37. The number of alkyl halides is 3. The van der Waals surface area contributed by atoms with E-state index in [0.29, 0.717) is 6.42 Å². The van der Waals surface area contributed by atoms with Crippen LogP contribution in [0.2, 0.25) is 0 Å². The Morgan fingerprint density at radius 2 is 1.88 bits per heavy atom. The summed E-state index contributed by atoms with van der Waals surface area (Å²) in [5, 5.41) is 0. The predicted molar refractivity (Wildman–Crippen MR) is 55.7 cm³/mol. The van der Waals surface area contributed by atoms with Crippen LogP contribution < -0.4 is 5.73 Å². The molecule has 96 valence electrons. The van der Waals surface area contributed by atoms with Crippen LogP contribution in [0.15, 0.2) is 0 Å². The molecule has 0 bridgehead atoms. The Hall–Kier alpha value is -0.780. The molecule has 0 aliphatic heterocycles. The van der Waals surface area contributed by atoms with E-state index < -0.39 is 24.7 Å². The van der Waals surface area contributed by atoms with Gasteiger partial charge in [-0.05, 0) is 19.3 Å². The second kappa shape index (κ2) is 6.08. The molecule has 0 heterocycles. The summed E-state index contributed by atoms with van der Waals surface area (Å²) >= 11 is 0. The maximum atomic E-state index is 12.1. The van der Waals surface area contributed by atoms with Crippen LogP contribution >= 0.6 is 0 Å². The van der Waals surface area contributed by atoms with Crippen LogP contribution in [-0.4, -0.2) is 36.1 Å². The summed E-state index contributed by atoms with van der Waals surface area (Å²) < 4.78 is 36.4. The van der Waals surface area contributed by atoms with Crippen molar-refractivity contribution in [1.82, 2.24) is 4.90 Å². The molecule has 0 fully saturated rings. The van der Waals surface area contributed by atoms with Gasteiger partial charge in [-0.25, -0.2) is 0 Å². The van der Waals surface area contributed by atoms with Gasteiger partial charge in [-0.3, -0.25) is 4.79 Å². The minimum absolute atomic E-state index is 0.0180. The van der Waals surface area contributed by atoms with Crippen molar-refractivity contribution >= 4 is 5.91 Å². The minimum Gasteiger partial charge on any atom is -0.333 e. The fourth-order valence-corrected chi connectivity index (χ4v) is 1.41. The number of rotatable bonds is 5. The van der Waals surface area contributed by atoms with E-state index in [0.717, 1.165) is 4.90 Å². The van der Waals surface area contributed by atoms with Crippen molar-refractivity contribution in [3.8, 4) is 0 Å². The molecule has 0 saturated heterocycles. The molecular weight excluding hydrogens is 221 g/mol. The highest BCUT2D eigenvalue weighted by Crippen LogP contribution is 2.17. The quantitative estimate of drug-likeness (QED) is 0.796. The van der Waals surface area contributed by atoms with Crippen LogP contribution in [0, 0.1) is 5.92 Å². The van der Waals surface area contributed by atoms with Crippen molar-refractivity contribution in [2.24, 2.45) is 11.7 Å². The van der Waals surface area contributed by atoms with Gasteiger partial charge in [0.1, 0.15) is 6.54 Å². The molecule has 2 N–H and O–H groups in total. The predicted octanol–water partition coefficient (Wildman–Crippen LogP) is 1.77. The summed E-state index contributed by atoms with van der Waals surface area (Å²) in [5.41, 5.74) is 5.55. The van der Waals surface area contributed by atoms with Gasteiger partial charge in [0.05, 0.1) is 6.04 Å². The van der Waals surface area contributed by atoms with Gasteiger partial charge >= 0.3 is 6.18 Å². The molecule has 6 heteroatoms. The van der Waals surface area contributed by atoms with E-state index in [9.17, 15) is 18.0 Å². The van der Waals surface area contributed by atoms with E-state index in [1.807, 2.05) is 13.8 Å². The van der Waals surface area contributed by atoms with Crippen LogP contribution in [0.25, 0.3) is 0 Å². The Morgan fingerprint density at radius 3 is 2.19 bits per heavy atom. The lowest BCUT2D eigenvalue weighted by molar-refractivity contribution is -0.161. The van der Waals surface area contributed by atoms with Crippen molar-refractivity contribution in [1.29, 1.82) is 0 Å². The smallest absolute Gasteiger partial charge is 0.333 e. The highest BCUT2D eigenvalue weighted by molar-refractivity contribution is 5.81. The normalized spacial score (nSPS) is 14.0. The largest absolute Gasteiger partial charge is 0.406 e. The first kappa shape index (κ1) is 15.2. The molecule has 0 radical (unpaired) electrons. The van der Waals surface area contributed by atoms with E-state index in [2.05, 4.69) is 0 Å². The summed E-state index contributed by atoms with van der Waals surface area (Å²) in [7, 11) is 0. The number of amides is 1. The Morgan fingerprint density at radius 1 is 1.38 bits per heavy atom. The maximum Gasteiger partial charge on any atom is 0.406 e. The van der Waals surface area contributed by atoms with Crippen molar-refractivity contribution in [2.75, 3.05) is 13.1 Å². The summed E-state index contributed by atoms with van der Waals surface area (Å²) in [5.74, 6) is -0.447. The first-order valence-electron chi connectivity index (χ1n) is 5.28. The molecule has 16 heavy (non-hydrogen) atoms. The number of carbonyl (C=O) groups is 1. The third kappa shape index (κ3) is 5.95. The Kier molecular flexibility index (Phi) is 5.78. The van der Waals surface area contributed by atoms with Gasteiger partial charge in [0.15, 0.2) is 0 Å². The van der Waals surface area contributed by atoms with Gasteiger partial charge in [-0.1, -0.05) is 13.8 Å². The molecular formula is C10H19F3N2O. The lowest BCUT2D eigenvalue weighted by Crippen LogP contribution is -2.47. The molecule has 0 aromatic heterocycles. The number of likely N-dealkylation sites (N-methyl/N-ethyl adjacent to an activating group) is 1. The second-order valence-electron chi connectivity index (χ2n) is 4.20. The maximum absolute atomic E-state index is 12.1. The van der Waals surface area contributed by atoms with Crippen molar-refractivity contribution in [3.05, 3.63) is 0 Å². The Labute approximate surface area is 93.8 Å². The van der Waals surface area contributed by atoms with Gasteiger partial charge in [0.2, 0.25) is 5.91 Å². The van der Waals surface area contributed by atoms with E-state index in [4.69, 9.17) is 5.73 Å². The fraction of sp³-hybridized carbons (Fsp3) is 0.900. The average molecular weight is 240 g/mol. The fourth-order valence-electron chi connectivity index (χ4n) is 1.41. The Balaban J connectivity index is 4.41. The number of nitrogens with two attached hydrogens (primary N) is 1. The average Bonchev–Trinajstić information content (AvgIpc) is 2.10. The zero-order chi connectivity index (χ0) is 12.9. The molecule has 1 amide bonds. The molecule has 1 atom stereocenters. The molecule has 3 nitrogen and oxygen atoms in total. The van der Waals surface area contributed by atoms with Crippen molar-refractivity contribution in [2.45, 2.75) is 39.4 Å². The van der Waals surface area contributed by atoms with E-state index in [-0.39, 0.29) is 12.5 Å². The van der Waals surface area contributed by atoms with E-state index in [1.54, 1.807) is 0 Å². The molecule has 0 spiro atoms. The summed E-state index contributed by atoms with van der Waals surface area (Å²) in [6, 6.07) is -0.845. The standard InChI is InChI=1S/C10H19F3N2O/c1-4-15(6-10(11,12)13)9(16)8(14)5-7(2)3/h7-8H,4-6,14H2,1-3H3. The van der Waals surface area contributed by atoms with Crippen LogP contribution in [0.4, 0.5) is 13.2 Å². The number of hydrogen-bond donors (Lipinski definition) is 1. The molecule has 0 rings (SSSR count). The van der Waals surface area contributed by atoms with Crippen LogP contribution in [0.5, 0.6) is 0 Å². The second-order valence-corrected chi connectivity index (χ2v) is 4.20. The highest BCUT2D eigenvalue weighted by Gasteiger charge is 2.33. The van der Waals surface area contributed by atoms with Gasteiger partial charge in [0, 0.05) is 6.54 Å². The van der Waals surface area contributed by atoms with Crippen LogP contribution in [0.3, 0.4) is 0 Å². The number of halogens is 3. The van der Waals surface area contributed by atoms with Crippen LogP contribution in [-0.2, 0) is 4.79 Å². The number of nitrogens with zero attached hydrogens (tertiary/aromatic N) is 1. The SMILES string of the molecule is CCN(CC(F)(F)F)C(=O)C(N)CC(C)C. The van der Waals surface area contributed by atoms with Crippen molar-refractivity contribution < 1.29 is 18.0 Å². The summed E-state index contributed by atoms with van der Waals surface area (Å²) in [6.45, 7) is 4.03. The summed E-state index contributed by atoms with van der Waals surface area (Å²) in [4.78, 5) is 12.3. The zero-order valence-electron chi connectivity index (χ0n) is 9.84. The molecule has 0 aromatic carbocycles. The van der Waals surface area contributed by atoms with Crippen LogP contribution in [0.1, 0.15) is 27.2 Å². The molecule has 0 aliphatic rings. The van der Waals surface area contributed by atoms with Gasteiger partial charge in [-0.2, -0.15) is 13.2 Å². The topological polar surface area (TPSA) is 46.3 Å². The van der Waals surface area contributed by atoms with Gasteiger partial charge in [0.25, 0.3) is 0 Å². The lowest BCUT2D eigenvalue weighted by atomic mass is 10.0. The van der Waals surface area contributed by atoms with Gasteiger partial charge in [-0.15, -0.1) is 0 Å². The lowest BCUT2D eigenvalue weighted by Gasteiger charge is -2.25. The zero-order valence-corrected chi connectivity index (χ0v) is 9.84. The molecule has 0 aromatic rings. The highest BCUT2D eigenvalue weighted by atomic mass is 19.4. The third-order valence-electron chi connectivity index (χ3n) is 2.11. The molecule has 0 aliphatic carbocycles. The third-order valence-corrected chi connectivity index (χ3v) is 2.11. The molecule has 0 saturated carbocycles. The summed E-state index contributed by atoms with van der Waals surface area (Å²) in [6.07, 6.45) is -3.98. The van der Waals surface area contributed by atoms with E-state index in [1.165, 1.54) is 6.92 Å². The van der Waals surface area contributed by atoms with Crippen molar-refractivity contribution in [3.63, 3.8) is 0 Å². The first-order chi connectivity index (χ1) is 7.17. The van der Waals surface area contributed by atoms with Gasteiger partial charge < -0.3 is 10.6 Å². The number of hydrogen-bond acceptors (Lipinski definition) is 2. The Bertz CT molecular complexity index is 229. The first-order valence-corrected chi connectivity index (χ1v) is 5.28. The molecule has 1 unspecified atom stereocenters.